The number of aromatic nitrogens is 3. The van der Waals surface area contributed by atoms with Crippen molar-refractivity contribution in [1.82, 2.24) is 20.2 Å². The van der Waals surface area contributed by atoms with Crippen LogP contribution < -0.4 is 10.2 Å². The van der Waals surface area contributed by atoms with Crippen LogP contribution in [0.4, 0.5) is 0 Å². The molecule has 0 bridgehead atoms. The van der Waals surface area contributed by atoms with Gasteiger partial charge in [-0.25, -0.2) is 5.43 Å². The molecule has 178 valence electrons. The zero-order valence-electron chi connectivity index (χ0n) is 19.3. The van der Waals surface area contributed by atoms with Crippen LogP contribution in [-0.2, 0) is 4.79 Å². The molecule has 34 heavy (non-hydrogen) atoms. The number of hydrogen-bond acceptors (Lipinski definition) is 6. The van der Waals surface area contributed by atoms with Crippen LogP contribution in [0.3, 0.4) is 0 Å². The summed E-state index contributed by atoms with van der Waals surface area (Å²) in [5.74, 6) is 1.55. The summed E-state index contributed by atoms with van der Waals surface area (Å²) in [5.41, 5.74) is 5.62. The molecule has 0 spiro atoms. The van der Waals surface area contributed by atoms with E-state index < -0.39 is 0 Å². The minimum absolute atomic E-state index is 0.200. The summed E-state index contributed by atoms with van der Waals surface area (Å²) >= 11 is 4.83. The molecule has 1 aliphatic rings. The zero-order chi connectivity index (χ0) is 23.9. The number of halogens is 1. The normalized spacial score (nSPS) is 14.4. The molecule has 9 heteroatoms. The first-order valence-electron chi connectivity index (χ1n) is 11.4. The maximum absolute atomic E-state index is 12.5. The average Bonchev–Trinajstić information content (AvgIpc) is 3.28. The Morgan fingerprint density at radius 2 is 1.97 bits per heavy atom. The van der Waals surface area contributed by atoms with Crippen LogP contribution in [0.25, 0.3) is 11.4 Å². The van der Waals surface area contributed by atoms with E-state index in [1.54, 1.807) is 13.3 Å². The first kappa shape index (κ1) is 24.5. The van der Waals surface area contributed by atoms with Gasteiger partial charge in [0.05, 0.1) is 19.1 Å². The largest absolute Gasteiger partial charge is 0.496 e. The van der Waals surface area contributed by atoms with E-state index >= 15 is 0 Å². The van der Waals surface area contributed by atoms with Crippen LogP contribution in [0, 0.1) is 6.92 Å². The van der Waals surface area contributed by atoms with Gasteiger partial charge in [0, 0.05) is 21.6 Å². The molecule has 0 unspecified atom stereocenters. The maximum Gasteiger partial charge on any atom is 0.250 e. The fourth-order valence-corrected chi connectivity index (χ4v) is 5.26. The second-order valence-corrected chi connectivity index (χ2v) is 10.2. The van der Waals surface area contributed by atoms with Crippen molar-refractivity contribution in [2.75, 3.05) is 12.9 Å². The number of carbonyl (C=O) groups excluding carboxylic acids is 1. The highest BCUT2D eigenvalue weighted by atomic mass is 79.9. The van der Waals surface area contributed by atoms with Gasteiger partial charge in [0.25, 0.3) is 5.91 Å². The number of rotatable bonds is 8. The Labute approximate surface area is 212 Å². The van der Waals surface area contributed by atoms with Crippen LogP contribution in [0.15, 0.2) is 57.2 Å². The molecule has 4 rings (SSSR count). The summed E-state index contributed by atoms with van der Waals surface area (Å²) in [7, 11) is 1.60. The van der Waals surface area contributed by atoms with Crippen molar-refractivity contribution in [3.8, 4) is 17.1 Å². The molecule has 0 saturated heterocycles. The molecule has 2 aromatic carbocycles. The number of hydrazone groups is 1. The van der Waals surface area contributed by atoms with E-state index in [-0.39, 0.29) is 11.7 Å². The minimum atomic E-state index is -0.203. The number of ether oxygens (including phenoxy) is 1. The van der Waals surface area contributed by atoms with Crippen molar-refractivity contribution in [2.45, 2.75) is 50.2 Å². The fourth-order valence-electron chi connectivity index (χ4n) is 4.09. The number of nitrogens with zero attached hydrogens (tertiary/aromatic N) is 4. The lowest BCUT2D eigenvalue weighted by Crippen LogP contribution is -2.20. The lowest BCUT2D eigenvalue weighted by atomic mass is 9.95. The van der Waals surface area contributed by atoms with Crippen LogP contribution in [-0.4, -0.2) is 39.7 Å². The molecular formula is C25H28BrN5O2S. The highest BCUT2D eigenvalue weighted by molar-refractivity contribution is 9.10. The summed E-state index contributed by atoms with van der Waals surface area (Å²) < 4.78 is 8.47. The first-order chi connectivity index (χ1) is 16.5. The third-order valence-electron chi connectivity index (χ3n) is 5.83. The van der Waals surface area contributed by atoms with Crippen molar-refractivity contribution < 1.29 is 9.53 Å². The van der Waals surface area contributed by atoms with E-state index in [2.05, 4.69) is 72.4 Å². The smallest absolute Gasteiger partial charge is 0.250 e. The van der Waals surface area contributed by atoms with E-state index in [0.29, 0.717) is 11.8 Å². The highest BCUT2D eigenvalue weighted by Gasteiger charge is 2.24. The molecule has 0 atom stereocenters. The van der Waals surface area contributed by atoms with Crippen LogP contribution in [0.2, 0.25) is 0 Å². The third kappa shape index (κ3) is 6.07. The van der Waals surface area contributed by atoms with Gasteiger partial charge in [0.15, 0.2) is 11.0 Å². The Morgan fingerprint density at radius 3 is 2.71 bits per heavy atom. The van der Waals surface area contributed by atoms with E-state index in [9.17, 15) is 4.79 Å². The molecule has 1 fully saturated rings. The molecule has 3 aromatic rings. The SMILES string of the molecule is COc1ccc(Br)cc1C=NNC(=O)CSc1nnc(-c2ccc(C)cc2)n1C1CCCCC1. The number of aryl methyl sites for hydroxylation is 1. The van der Waals surface area contributed by atoms with Crippen molar-refractivity contribution in [2.24, 2.45) is 5.10 Å². The highest BCUT2D eigenvalue weighted by Crippen LogP contribution is 2.35. The molecular weight excluding hydrogens is 514 g/mol. The minimum Gasteiger partial charge on any atom is -0.496 e. The van der Waals surface area contributed by atoms with Gasteiger partial charge in [-0.05, 0) is 38.0 Å². The van der Waals surface area contributed by atoms with E-state index in [1.165, 1.54) is 36.6 Å². The molecule has 1 N–H and O–H groups in total. The molecule has 0 aliphatic heterocycles. The van der Waals surface area contributed by atoms with Gasteiger partial charge in [0.2, 0.25) is 0 Å². The van der Waals surface area contributed by atoms with Crippen LogP contribution in [0.5, 0.6) is 5.75 Å². The second kappa shape index (κ2) is 11.7. The van der Waals surface area contributed by atoms with Gasteiger partial charge in [-0.2, -0.15) is 5.10 Å². The van der Waals surface area contributed by atoms with Crippen molar-refractivity contribution in [1.29, 1.82) is 0 Å². The zero-order valence-corrected chi connectivity index (χ0v) is 21.7. The fraction of sp³-hybridized carbons (Fsp3) is 0.360. The van der Waals surface area contributed by atoms with Gasteiger partial charge in [-0.1, -0.05) is 76.8 Å². The predicted octanol–water partition coefficient (Wildman–Crippen LogP) is 5.77. The Balaban J connectivity index is 1.45. The Morgan fingerprint density at radius 1 is 1.21 bits per heavy atom. The quantitative estimate of drug-likeness (QED) is 0.222. The van der Waals surface area contributed by atoms with Gasteiger partial charge >= 0.3 is 0 Å². The molecule has 1 aliphatic carbocycles. The standard InChI is InChI=1S/C25H28BrN5O2S/c1-17-8-10-18(11-9-17)24-29-30-25(31(24)21-6-4-3-5-7-21)34-16-23(32)28-27-15-19-14-20(26)12-13-22(19)33-2/h8-15,21H,3-7,16H2,1-2H3,(H,28,32). The Kier molecular flexibility index (Phi) is 8.39. The molecule has 1 saturated carbocycles. The molecule has 7 nitrogen and oxygen atoms in total. The number of thioether (sulfide) groups is 1. The number of benzene rings is 2. The van der Waals surface area contributed by atoms with Crippen molar-refractivity contribution >= 4 is 39.8 Å². The summed E-state index contributed by atoms with van der Waals surface area (Å²) in [6, 6.07) is 14.3. The summed E-state index contributed by atoms with van der Waals surface area (Å²) in [5, 5.41) is 13.8. The lowest BCUT2D eigenvalue weighted by Gasteiger charge is -2.25. The van der Waals surface area contributed by atoms with Crippen LogP contribution in [0.1, 0.15) is 49.3 Å². The van der Waals surface area contributed by atoms with E-state index in [1.807, 2.05) is 18.2 Å². The predicted molar refractivity (Wildman–Crippen MR) is 139 cm³/mol. The summed E-state index contributed by atoms with van der Waals surface area (Å²) in [6.07, 6.45) is 7.46. The van der Waals surface area contributed by atoms with Gasteiger partial charge in [-0.3, -0.25) is 9.36 Å². The number of methoxy groups -OCH3 is 1. The maximum atomic E-state index is 12.5. The Bertz CT molecular complexity index is 1160. The Hall–Kier alpha value is -2.65. The molecule has 1 heterocycles. The van der Waals surface area contributed by atoms with Crippen molar-refractivity contribution in [3.05, 3.63) is 58.1 Å². The van der Waals surface area contributed by atoms with Gasteiger partial charge in [-0.15, -0.1) is 10.2 Å². The van der Waals surface area contributed by atoms with E-state index in [4.69, 9.17) is 4.74 Å². The molecule has 1 amide bonds. The van der Waals surface area contributed by atoms with Gasteiger partial charge in [0.1, 0.15) is 5.75 Å². The van der Waals surface area contributed by atoms with E-state index in [0.717, 1.165) is 39.4 Å². The lowest BCUT2D eigenvalue weighted by molar-refractivity contribution is -0.118. The van der Waals surface area contributed by atoms with Crippen molar-refractivity contribution in [3.63, 3.8) is 0 Å². The molecule has 1 aromatic heterocycles. The first-order valence-corrected chi connectivity index (χ1v) is 13.1. The number of carbonyl (C=O) groups is 1. The number of amides is 1. The number of hydrogen-bond donors (Lipinski definition) is 1. The topological polar surface area (TPSA) is 81.4 Å². The summed E-state index contributed by atoms with van der Waals surface area (Å²) in [4.78, 5) is 12.5. The third-order valence-corrected chi connectivity index (χ3v) is 7.27. The number of nitrogens with one attached hydrogen (secondary N) is 1. The average molecular weight is 543 g/mol. The second-order valence-electron chi connectivity index (χ2n) is 8.30. The molecule has 0 radical (unpaired) electrons. The monoisotopic (exact) mass is 541 g/mol. The summed E-state index contributed by atoms with van der Waals surface area (Å²) in [6.45, 7) is 2.07. The van der Waals surface area contributed by atoms with Gasteiger partial charge < -0.3 is 4.74 Å². The van der Waals surface area contributed by atoms with Crippen LogP contribution >= 0.6 is 27.7 Å².